The van der Waals surface area contributed by atoms with Crippen molar-refractivity contribution in [1.29, 1.82) is 0 Å². The van der Waals surface area contributed by atoms with E-state index in [-0.39, 0.29) is 47.3 Å². The van der Waals surface area contributed by atoms with Crippen molar-refractivity contribution in [2.45, 2.75) is 51.3 Å². The Bertz CT molecular complexity index is 1180. The van der Waals surface area contributed by atoms with Gasteiger partial charge >= 0.3 is 12.0 Å². The van der Waals surface area contributed by atoms with Crippen molar-refractivity contribution in [2.75, 3.05) is 25.0 Å². The number of carboxylic acid groups (broad SMARTS) is 1. The Balaban J connectivity index is 1.19. The summed E-state index contributed by atoms with van der Waals surface area (Å²) >= 11 is 12.0. The van der Waals surface area contributed by atoms with E-state index in [0.29, 0.717) is 23.7 Å². The van der Waals surface area contributed by atoms with E-state index in [2.05, 4.69) is 25.8 Å². The summed E-state index contributed by atoms with van der Waals surface area (Å²) in [4.78, 5) is 42.1. The Morgan fingerprint density at radius 2 is 2.00 bits per heavy atom. The average molecular weight is 564 g/mol. The number of pyridine rings is 1. The molecular formula is C26H31Cl2N5O5. The molecule has 204 valence electrons. The molecule has 1 aromatic heterocycles. The van der Waals surface area contributed by atoms with Gasteiger partial charge in [0.05, 0.1) is 11.4 Å². The van der Waals surface area contributed by atoms with Crippen molar-refractivity contribution in [3.63, 3.8) is 0 Å². The number of benzene rings is 1. The molecule has 1 saturated carbocycles. The molecule has 2 aliphatic rings. The Morgan fingerprint density at radius 3 is 2.68 bits per heavy atom. The molecule has 3 amide bonds. The first kappa shape index (κ1) is 27.9. The second-order valence-corrected chi connectivity index (χ2v) is 10.8. The fourth-order valence-electron chi connectivity index (χ4n) is 5.02. The van der Waals surface area contributed by atoms with Gasteiger partial charge in [-0.2, -0.15) is 0 Å². The number of anilines is 1. The van der Waals surface area contributed by atoms with Gasteiger partial charge in [0.25, 0.3) is 5.91 Å². The first-order chi connectivity index (χ1) is 18.1. The second kappa shape index (κ2) is 12.2. The number of aromatic nitrogens is 1. The number of carbonyl (C=O) groups is 3. The van der Waals surface area contributed by atoms with Crippen LogP contribution in [0.25, 0.3) is 0 Å². The Hall–Kier alpha value is -3.08. The van der Waals surface area contributed by atoms with Gasteiger partial charge in [-0.3, -0.25) is 9.59 Å². The van der Waals surface area contributed by atoms with Crippen LogP contribution in [-0.4, -0.2) is 64.7 Å². The van der Waals surface area contributed by atoms with Crippen molar-refractivity contribution < 1.29 is 24.2 Å². The van der Waals surface area contributed by atoms with Gasteiger partial charge in [-0.05, 0) is 48.4 Å². The van der Waals surface area contributed by atoms with Gasteiger partial charge in [-0.15, -0.1) is 0 Å². The van der Waals surface area contributed by atoms with Gasteiger partial charge in [-0.1, -0.05) is 42.3 Å². The number of urea groups is 1. The largest absolute Gasteiger partial charge is 0.481 e. The lowest BCUT2D eigenvalue weighted by Crippen LogP contribution is -2.66. The summed E-state index contributed by atoms with van der Waals surface area (Å²) in [6, 6.07) is 8.57. The predicted octanol–water partition coefficient (Wildman–Crippen LogP) is 3.92. The van der Waals surface area contributed by atoms with Crippen LogP contribution in [-0.2, 0) is 16.1 Å². The quantitative estimate of drug-likeness (QED) is 0.325. The highest BCUT2D eigenvalue weighted by atomic mass is 35.5. The zero-order valence-electron chi connectivity index (χ0n) is 21.0. The third kappa shape index (κ3) is 7.27. The summed E-state index contributed by atoms with van der Waals surface area (Å²) in [5.74, 6) is -0.952. The van der Waals surface area contributed by atoms with Gasteiger partial charge in [-0.25, -0.2) is 9.78 Å². The summed E-state index contributed by atoms with van der Waals surface area (Å²) in [7, 11) is 0. The number of carboxylic acids is 1. The number of amides is 3. The zero-order chi connectivity index (χ0) is 27.3. The summed E-state index contributed by atoms with van der Waals surface area (Å²) in [5, 5.41) is 18.1. The molecule has 2 heterocycles. The molecule has 1 aliphatic heterocycles. The van der Waals surface area contributed by atoms with Crippen molar-refractivity contribution in [3.05, 3.63) is 52.1 Å². The maximum atomic E-state index is 12.7. The predicted molar refractivity (Wildman–Crippen MR) is 144 cm³/mol. The third-order valence-corrected chi connectivity index (χ3v) is 7.27. The topological polar surface area (TPSA) is 133 Å². The Labute approximate surface area is 231 Å². The smallest absolute Gasteiger partial charge is 0.319 e. The van der Waals surface area contributed by atoms with Crippen LogP contribution in [0.2, 0.25) is 10.0 Å². The first-order valence-electron chi connectivity index (χ1n) is 12.5. The second-order valence-electron chi connectivity index (χ2n) is 9.93. The Kier molecular flexibility index (Phi) is 8.96. The molecule has 1 spiro atoms. The van der Waals surface area contributed by atoms with Crippen LogP contribution in [0, 0.1) is 5.41 Å². The SMILES string of the molecule is CCC(Oc1ncc(Cl)cc1Cl)C(=O)NCc1cccc(NC(=O)NC2CC3(C2)CN(CCC(=O)O)C3)c1. The zero-order valence-corrected chi connectivity index (χ0v) is 22.5. The molecule has 4 N–H and O–H groups in total. The van der Waals surface area contributed by atoms with E-state index in [9.17, 15) is 14.4 Å². The number of aliphatic carboxylic acids is 1. The van der Waals surface area contributed by atoms with E-state index in [0.717, 1.165) is 31.5 Å². The minimum absolute atomic E-state index is 0.105. The minimum atomic E-state index is -0.779. The third-order valence-electron chi connectivity index (χ3n) is 6.80. The molecule has 38 heavy (non-hydrogen) atoms. The van der Waals surface area contributed by atoms with Crippen LogP contribution in [0.1, 0.15) is 38.2 Å². The summed E-state index contributed by atoms with van der Waals surface area (Å²) in [6.45, 7) is 4.43. The molecule has 2 fully saturated rings. The molecule has 1 unspecified atom stereocenters. The van der Waals surface area contributed by atoms with E-state index in [4.69, 9.17) is 33.0 Å². The van der Waals surface area contributed by atoms with Gasteiger partial charge in [0.1, 0.15) is 5.02 Å². The molecule has 2 aromatic rings. The van der Waals surface area contributed by atoms with Crippen LogP contribution in [0.15, 0.2) is 36.5 Å². The number of nitrogens with zero attached hydrogens (tertiary/aromatic N) is 2. The van der Waals surface area contributed by atoms with E-state index < -0.39 is 12.1 Å². The van der Waals surface area contributed by atoms with Crippen molar-refractivity contribution >= 4 is 46.8 Å². The maximum absolute atomic E-state index is 12.7. The molecule has 12 heteroatoms. The van der Waals surface area contributed by atoms with E-state index >= 15 is 0 Å². The maximum Gasteiger partial charge on any atom is 0.319 e. The number of ether oxygens (including phenoxy) is 1. The van der Waals surface area contributed by atoms with Crippen molar-refractivity contribution in [2.24, 2.45) is 5.41 Å². The highest BCUT2D eigenvalue weighted by molar-refractivity contribution is 6.35. The standard InChI is InChI=1S/C26H31Cl2N5O5/c1-2-21(38-24-20(28)9-17(27)13-30-24)23(36)29-12-16-4-3-5-18(8-16)31-25(37)32-19-10-26(11-19)14-33(15-26)7-6-22(34)35/h3-5,8-9,13,19,21H,2,6-7,10-12,14-15H2,1H3,(H,29,36)(H,34,35)(H2,31,32,37). The van der Waals surface area contributed by atoms with Crippen LogP contribution in [0.5, 0.6) is 5.88 Å². The molecular weight excluding hydrogens is 533 g/mol. The number of nitrogens with one attached hydrogen (secondary N) is 3. The monoisotopic (exact) mass is 563 g/mol. The molecule has 0 radical (unpaired) electrons. The lowest BCUT2D eigenvalue weighted by atomic mass is 9.60. The Morgan fingerprint density at radius 1 is 1.24 bits per heavy atom. The van der Waals surface area contributed by atoms with Crippen LogP contribution in [0.3, 0.4) is 0 Å². The van der Waals surface area contributed by atoms with Gasteiger partial charge in [0.15, 0.2) is 6.10 Å². The fraction of sp³-hybridized carbons (Fsp3) is 0.462. The highest BCUT2D eigenvalue weighted by Crippen LogP contribution is 2.48. The summed E-state index contributed by atoms with van der Waals surface area (Å²) in [6.07, 6.45) is 2.99. The van der Waals surface area contributed by atoms with E-state index in [1.165, 1.54) is 12.3 Å². The number of likely N-dealkylation sites (tertiary alicyclic amines) is 1. The molecule has 1 saturated heterocycles. The number of hydrogen-bond donors (Lipinski definition) is 4. The van der Waals surface area contributed by atoms with Crippen LogP contribution >= 0.6 is 23.2 Å². The minimum Gasteiger partial charge on any atom is -0.481 e. The first-order valence-corrected chi connectivity index (χ1v) is 13.3. The van der Waals surface area contributed by atoms with Gasteiger partial charge in [0, 0.05) is 44.1 Å². The van der Waals surface area contributed by atoms with Gasteiger partial charge < -0.3 is 30.7 Å². The normalized spacial score (nSPS) is 17.1. The molecule has 1 atom stereocenters. The van der Waals surface area contributed by atoms with Crippen LogP contribution in [0.4, 0.5) is 10.5 Å². The molecule has 1 aliphatic carbocycles. The number of halogens is 2. The number of carbonyl (C=O) groups excluding carboxylic acids is 2. The summed E-state index contributed by atoms with van der Waals surface area (Å²) in [5.41, 5.74) is 1.64. The average Bonchev–Trinajstić information content (AvgIpc) is 2.82. The van der Waals surface area contributed by atoms with E-state index in [1.54, 1.807) is 18.2 Å². The summed E-state index contributed by atoms with van der Waals surface area (Å²) < 4.78 is 5.68. The van der Waals surface area contributed by atoms with Crippen molar-refractivity contribution in [1.82, 2.24) is 20.5 Å². The lowest BCUT2D eigenvalue weighted by molar-refractivity contribution is -0.139. The fourth-order valence-corrected chi connectivity index (χ4v) is 5.45. The van der Waals surface area contributed by atoms with Crippen molar-refractivity contribution in [3.8, 4) is 5.88 Å². The highest BCUT2D eigenvalue weighted by Gasteiger charge is 2.52. The molecule has 1 aromatic carbocycles. The molecule has 10 nitrogen and oxygen atoms in total. The number of rotatable bonds is 11. The molecule has 0 bridgehead atoms. The number of hydrogen-bond acceptors (Lipinski definition) is 6. The molecule has 4 rings (SSSR count). The lowest BCUT2D eigenvalue weighted by Gasteiger charge is -2.59. The van der Waals surface area contributed by atoms with Crippen LogP contribution < -0.4 is 20.7 Å². The van der Waals surface area contributed by atoms with E-state index in [1.807, 2.05) is 13.0 Å². The van der Waals surface area contributed by atoms with Gasteiger partial charge in [0.2, 0.25) is 5.88 Å².